The second-order valence-corrected chi connectivity index (χ2v) is 4.98. The number of benzene rings is 2. The van der Waals surface area contributed by atoms with Gasteiger partial charge in [0.15, 0.2) is 0 Å². The van der Waals surface area contributed by atoms with Crippen LogP contribution in [0, 0.1) is 24.6 Å². The molecule has 1 aliphatic heterocycles. The Balaban J connectivity index is 1.91. The van der Waals surface area contributed by atoms with Crippen LogP contribution in [-0.4, -0.2) is 6.61 Å². The van der Waals surface area contributed by atoms with Gasteiger partial charge in [0, 0.05) is 5.56 Å². The van der Waals surface area contributed by atoms with E-state index in [4.69, 9.17) is 4.74 Å². The van der Waals surface area contributed by atoms with E-state index in [-0.39, 0.29) is 11.9 Å². The summed E-state index contributed by atoms with van der Waals surface area (Å²) in [6.07, 6.45) is 0.482. The van der Waals surface area contributed by atoms with Crippen LogP contribution in [0.1, 0.15) is 28.4 Å². The fourth-order valence-corrected chi connectivity index (χ4v) is 2.41. The maximum absolute atomic E-state index is 13.2. The monoisotopic (exact) mass is 266 g/mol. The van der Waals surface area contributed by atoms with Gasteiger partial charge in [-0.15, -0.1) is 0 Å². The molecule has 0 fully saturated rings. The van der Waals surface area contributed by atoms with Gasteiger partial charge in [-0.25, -0.2) is 4.39 Å². The molecule has 2 aromatic carbocycles. The molecule has 0 radical (unpaired) electrons. The summed E-state index contributed by atoms with van der Waals surface area (Å²) in [5, 5.41) is 0. The van der Waals surface area contributed by atoms with Gasteiger partial charge < -0.3 is 4.74 Å². The normalized spacial score (nSPS) is 17.0. The van der Waals surface area contributed by atoms with E-state index in [1.807, 2.05) is 31.2 Å². The molecule has 0 spiro atoms. The average molecular weight is 266 g/mol. The lowest BCUT2D eigenvalue weighted by atomic mass is 9.97. The van der Waals surface area contributed by atoms with Crippen molar-refractivity contribution in [2.75, 3.05) is 6.61 Å². The molecule has 0 aromatic heterocycles. The summed E-state index contributed by atoms with van der Waals surface area (Å²) >= 11 is 0. The first-order valence-corrected chi connectivity index (χ1v) is 6.70. The highest BCUT2D eigenvalue weighted by Crippen LogP contribution is 2.27. The summed E-state index contributed by atoms with van der Waals surface area (Å²) in [7, 11) is 0. The van der Waals surface area contributed by atoms with E-state index >= 15 is 0 Å². The Bertz CT molecular complexity index is 694. The molecule has 2 heteroatoms. The first-order valence-electron chi connectivity index (χ1n) is 6.70. The van der Waals surface area contributed by atoms with Crippen molar-refractivity contribution < 1.29 is 9.13 Å². The van der Waals surface area contributed by atoms with Crippen LogP contribution in [0.15, 0.2) is 42.5 Å². The standard InChI is InChI=1S/C18H15FO/c1-13-3-2-4-14(11-13)5-8-18-17-7-6-16(19)12-15(17)9-10-20-18/h2-4,6-7,11-12,18H,9-10H2,1H3/t18-/m0/s1. The predicted octanol–water partition coefficient (Wildman–Crippen LogP) is 3.80. The number of ether oxygens (including phenoxy) is 1. The van der Waals surface area contributed by atoms with E-state index in [1.54, 1.807) is 12.1 Å². The van der Waals surface area contributed by atoms with Crippen LogP contribution in [0.4, 0.5) is 4.39 Å². The summed E-state index contributed by atoms with van der Waals surface area (Å²) in [4.78, 5) is 0. The zero-order valence-electron chi connectivity index (χ0n) is 11.3. The van der Waals surface area contributed by atoms with E-state index in [0.717, 1.165) is 23.1 Å². The van der Waals surface area contributed by atoms with Gasteiger partial charge in [-0.1, -0.05) is 30.0 Å². The van der Waals surface area contributed by atoms with E-state index in [1.165, 1.54) is 11.6 Å². The van der Waals surface area contributed by atoms with Gasteiger partial charge in [0.2, 0.25) is 0 Å². The maximum Gasteiger partial charge on any atom is 0.144 e. The minimum atomic E-state index is -0.264. The third-order valence-electron chi connectivity index (χ3n) is 3.41. The summed E-state index contributed by atoms with van der Waals surface area (Å²) in [5.74, 6) is 6.09. The van der Waals surface area contributed by atoms with Crippen LogP contribution in [0.3, 0.4) is 0 Å². The molecular formula is C18H15FO. The molecule has 20 heavy (non-hydrogen) atoms. The molecule has 2 aromatic rings. The van der Waals surface area contributed by atoms with Crippen LogP contribution < -0.4 is 0 Å². The van der Waals surface area contributed by atoms with Gasteiger partial charge >= 0.3 is 0 Å². The van der Waals surface area contributed by atoms with Crippen LogP contribution in [0.2, 0.25) is 0 Å². The van der Waals surface area contributed by atoms with Gasteiger partial charge in [-0.2, -0.15) is 0 Å². The molecule has 0 saturated carbocycles. The predicted molar refractivity (Wildman–Crippen MR) is 76.9 cm³/mol. The van der Waals surface area contributed by atoms with E-state index in [0.29, 0.717) is 6.61 Å². The molecule has 0 N–H and O–H groups in total. The van der Waals surface area contributed by atoms with Crippen LogP contribution in [0.5, 0.6) is 0 Å². The molecule has 1 atom stereocenters. The minimum Gasteiger partial charge on any atom is -0.360 e. The lowest BCUT2D eigenvalue weighted by Crippen LogP contribution is -2.15. The Morgan fingerprint density at radius 2 is 2.10 bits per heavy atom. The highest BCUT2D eigenvalue weighted by molar-refractivity contribution is 5.41. The van der Waals surface area contributed by atoms with Gasteiger partial charge in [-0.05, 0) is 54.3 Å². The zero-order chi connectivity index (χ0) is 13.9. The van der Waals surface area contributed by atoms with Crippen LogP contribution in [0.25, 0.3) is 0 Å². The smallest absolute Gasteiger partial charge is 0.144 e. The molecule has 1 aliphatic rings. The van der Waals surface area contributed by atoms with Gasteiger partial charge in [0.05, 0.1) is 6.61 Å². The van der Waals surface area contributed by atoms with Crippen molar-refractivity contribution in [2.24, 2.45) is 0 Å². The molecule has 100 valence electrons. The lowest BCUT2D eigenvalue weighted by molar-refractivity contribution is 0.0812. The van der Waals surface area contributed by atoms with Gasteiger partial charge in [0.1, 0.15) is 11.9 Å². The van der Waals surface area contributed by atoms with Crippen molar-refractivity contribution in [3.63, 3.8) is 0 Å². The molecule has 0 bridgehead atoms. The van der Waals surface area contributed by atoms with E-state index in [9.17, 15) is 4.39 Å². The third-order valence-corrected chi connectivity index (χ3v) is 3.41. The highest BCUT2D eigenvalue weighted by Gasteiger charge is 2.19. The number of fused-ring (bicyclic) bond motifs is 1. The van der Waals surface area contributed by atoms with Crippen molar-refractivity contribution in [2.45, 2.75) is 19.4 Å². The Morgan fingerprint density at radius 3 is 2.95 bits per heavy atom. The quantitative estimate of drug-likeness (QED) is 0.659. The Labute approximate surface area is 118 Å². The van der Waals surface area contributed by atoms with Crippen molar-refractivity contribution in [3.05, 3.63) is 70.5 Å². The van der Waals surface area contributed by atoms with Crippen LogP contribution >= 0.6 is 0 Å². The van der Waals surface area contributed by atoms with E-state index < -0.39 is 0 Å². The maximum atomic E-state index is 13.2. The van der Waals surface area contributed by atoms with Crippen LogP contribution in [-0.2, 0) is 11.2 Å². The number of hydrogen-bond acceptors (Lipinski definition) is 1. The lowest BCUT2D eigenvalue weighted by Gasteiger charge is -2.22. The number of hydrogen-bond donors (Lipinski definition) is 0. The highest BCUT2D eigenvalue weighted by atomic mass is 19.1. The van der Waals surface area contributed by atoms with Gasteiger partial charge in [-0.3, -0.25) is 0 Å². The summed E-state index contributed by atoms with van der Waals surface area (Å²) in [6, 6.07) is 12.9. The largest absolute Gasteiger partial charge is 0.360 e. The number of aryl methyl sites for hydroxylation is 1. The minimum absolute atomic E-state index is 0.198. The first-order chi connectivity index (χ1) is 9.72. The van der Waals surface area contributed by atoms with E-state index in [2.05, 4.69) is 11.8 Å². The second kappa shape index (κ2) is 5.48. The SMILES string of the molecule is Cc1cccc(C#C[C@@H]2OCCc3cc(F)ccc32)c1. The Hall–Kier alpha value is -2.11. The fourth-order valence-electron chi connectivity index (χ4n) is 2.41. The Kier molecular flexibility index (Phi) is 3.54. The Morgan fingerprint density at radius 1 is 1.20 bits per heavy atom. The van der Waals surface area contributed by atoms with Crippen molar-refractivity contribution in [1.29, 1.82) is 0 Å². The number of rotatable bonds is 0. The molecule has 0 amide bonds. The molecule has 0 unspecified atom stereocenters. The molecule has 1 nitrogen and oxygen atoms in total. The first kappa shape index (κ1) is 12.9. The third kappa shape index (κ3) is 2.74. The molecule has 1 heterocycles. The summed E-state index contributed by atoms with van der Waals surface area (Å²) < 4.78 is 18.9. The van der Waals surface area contributed by atoms with Gasteiger partial charge in [0.25, 0.3) is 0 Å². The van der Waals surface area contributed by atoms with Crippen molar-refractivity contribution in [1.82, 2.24) is 0 Å². The average Bonchev–Trinajstić information content (AvgIpc) is 2.44. The number of halogens is 1. The summed E-state index contributed by atoms with van der Waals surface area (Å²) in [6.45, 7) is 2.63. The second-order valence-electron chi connectivity index (χ2n) is 4.98. The molecule has 3 rings (SSSR count). The zero-order valence-corrected chi connectivity index (χ0v) is 11.3. The fraction of sp³-hybridized carbons (Fsp3) is 0.222. The summed E-state index contributed by atoms with van der Waals surface area (Å²) in [5.41, 5.74) is 4.14. The topological polar surface area (TPSA) is 9.23 Å². The van der Waals surface area contributed by atoms with Crippen molar-refractivity contribution >= 4 is 0 Å². The molecule has 0 saturated heterocycles. The van der Waals surface area contributed by atoms with Crippen molar-refractivity contribution in [3.8, 4) is 11.8 Å². The molecular weight excluding hydrogens is 251 g/mol. The molecule has 0 aliphatic carbocycles.